The molecular formula is C21H22N4O. The normalized spacial score (nSPS) is 17.7. The summed E-state index contributed by atoms with van der Waals surface area (Å²) in [5, 5.41) is 3.80. The van der Waals surface area contributed by atoms with Gasteiger partial charge in [0, 0.05) is 23.1 Å². The molecule has 26 heavy (non-hydrogen) atoms. The van der Waals surface area contributed by atoms with Gasteiger partial charge in [0.15, 0.2) is 0 Å². The Bertz CT molecular complexity index is 817. The predicted molar refractivity (Wildman–Crippen MR) is 103 cm³/mol. The zero-order chi connectivity index (χ0) is 18.2. The van der Waals surface area contributed by atoms with Crippen molar-refractivity contribution < 1.29 is 4.74 Å². The summed E-state index contributed by atoms with van der Waals surface area (Å²) in [6, 6.07) is 18.2. The molecule has 0 spiro atoms. The fourth-order valence-electron chi connectivity index (χ4n) is 3.34. The maximum atomic E-state index is 8.68. The van der Waals surface area contributed by atoms with Crippen LogP contribution in [0.4, 0.5) is 0 Å². The van der Waals surface area contributed by atoms with Gasteiger partial charge in [-0.05, 0) is 54.7 Å². The molecule has 2 atom stereocenters. The molecule has 0 amide bonds. The number of hydrogen-bond acceptors (Lipinski definition) is 3. The second kappa shape index (κ2) is 8.96. The lowest BCUT2D eigenvalue weighted by Gasteiger charge is -2.29. The Labute approximate surface area is 154 Å². The molecule has 5 nitrogen and oxygen atoms in total. The van der Waals surface area contributed by atoms with E-state index in [-0.39, 0.29) is 12.1 Å². The molecule has 2 aromatic rings. The smallest absolute Gasteiger partial charge is 0.118 e. The molecule has 5 heteroatoms. The van der Waals surface area contributed by atoms with E-state index in [1.54, 1.807) is 7.11 Å². The van der Waals surface area contributed by atoms with Crippen LogP contribution in [0.3, 0.4) is 0 Å². The monoisotopic (exact) mass is 346 g/mol. The molecule has 1 fully saturated rings. The molecule has 1 aliphatic rings. The molecule has 0 aliphatic carbocycles. The van der Waals surface area contributed by atoms with Gasteiger partial charge in [-0.15, -0.1) is 0 Å². The highest BCUT2D eigenvalue weighted by Gasteiger charge is 2.30. The van der Waals surface area contributed by atoms with Crippen LogP contribution in [0.5, 0.6) is 5.75 Å². The quantitative estimate of drug-likeness (QED) is 0.345. The molecule has 0 saturated carbocycles. The summed E-state index contributed by atoms with van der Waals surface area (Å²) < 4.78 is 5.27. The largest absolute Gasteiger partial charge is 0.497 e. The molecule has 0 bridgehead atoms. The van der Waals surface area contributed by atoms with E-state index in [1.165, 1.54) is 0 Å². The van der Waals surface area contributed by atoms with E-state index >= 15 is 0 Å². The molecule has 0 unspecified atom stereocenters. The molecule has 0 radical (unpaired) electrons. The fourth-order valence-corrected chi connectivity index (χ4v) is 3.34. The third-order valence-corrected chi connectivity index (χ3v) is 4.67. The number of likely N-dealkylation sites (tertiary alicyclic amines) is 1. The van der Waals surface area contributed by atoms with Crippen molar-refractivity contribution in [3.05, 3.63) is 76.2 Å². The molecular weight excluding hydrogens is 324 g/mol. The molecule has 0 N–H and O–H groups in total. The van der Waals surface area contributed by atoms with Crippen molar-refractivity contribution in [1.82, 2.24) is 4.90 Å². The van der Waals surface area contributed by atoms with Crippen LogP contribution in [0.1, 0.15) is 30.0 Å². The predicted octanol–water partition coefficient (Wildman–Crippen LogP) is 4.56. The van der Waals surface area contributed by atoms with Crippen molar-refractivity contribution in [2.75, 3.05) is 20.2 Å². The molecule has 3 rings (SSSR count). The number of rotatable bonds is 5. The summed E-state index contributed by atoms with van der Waals surface area (Å²) in [4.78, 5) is 5.28. The van der Waals surface area contributed by atoms with Crippen LogP contribution >= 0.6 is 0 Å². The first-order valence-electron chi connectivity index (χ1n) is 8.79. The summed E-state index contributed by atoms with van der Waals surface area (Å²) >= 11 is 0. The van der Waals surface area contributed by atoms with Gasteiger partial charge in [-0.25, -0.2) is 0 Å². The van der Waals surface area contributed by atoms with Gasteiger partial charge in [-0.3, -0.25) is 4.90 Å². The van der Waals surface area contributed by atoms with Gasteiger partial charge in [0.2, 0.25) is 0 Å². The SMILES string of the molecule is COc1ccc([C@@H](C#Cc2ccccc2)N2CCC[C@H]2CN=[N+]=[N-])cc1. The number of azide groups is 1. The molecule has 1 aliphatic heterocycles. The van der Waals surface area contributed by atoms with E-state index in [4.69, 9.17) is 10.3 Å². The Morgan fingerprint density at radius 2 is 2.00 bits per heavy atom. The van der Waals surface area contributed by atoms with Crippen molar-refractivity contribution in [2.24, 2.45) is 5.11 Å². The summed E-state index contributed by atoms with van der Waals surface area (Å²) in [6.45, 7) is 1.43. The molecule has 1 saturated heterocycles. The van der Waals surface area contributed by atoms with Crippen LogP contribution in [0.25, 0.3) is 10.4 Å². The van der Waals surface area contributed by atoms with E-state index in [1.807, 2.05) is 42.5 Å². The van der Waals surface area contributed by atoms with Crippen molar-refractivity contribution in [3.8, 4) is 17.6 Å². The third-order valence-electron chi connectivity index (χ3n) is 4.67. The lowest BCUT2D eigenvalue weighted by Crippen LogP contribution is -2.34. The minimum Gasteiger partial charge on any atom is -0.497 e. The number of benzene rings is 2. The average molecular weight is 346 g/mol. The Morgan fingerprint density at radius 3 is 2.69 bits per heavy atom. The maximum Gasteiger partial charge on any atom is 0.118 e. The van der Waals surface area contributed by atoms with Crippen molar-refractivity contribution in [2.45, 2.75) is 24.9 Å². The highest BCUT2D eigenvalue weighted by Crippen LogP contribution is 2.30. The highest BCUT2D eigenvalue weighted by molar-refractivity contribution is 5.39. The lowest BCUT2D eigenvalue weighted by molar-refractivity contribution is 0.223. The standard InChI is InChI=1S/C21H22N4O/c1-26-20-12-10-18(11-13-20)21(14-9-17-6-3-2-4-7-17)25-15-5-8-19(25)16-23-24-22/h2-4,6-7,10-13,19,21H,5,8,15-16H2,1H3/t19-,21+/m0/s1. The first-order chi connectivity index (χ1) is 12.8. The average Bonchev–Trinajstić information content (AvgIpc) is 3.16. The van der Waals surface area contributed by atoms with Gasteiger partial charge < -0.3 is 4.74 Å². The minimum atomic E-state index is -0.0393. The Balaban J connectivity index is 1.92. The van der Waals surface area contributed by atoms with Crippen molar-refractivity contribution in [1.29, 1.82) is 0 Å². The highest BCUT2D eigenvalue weighted by atomic mass is 16.5. The van der Waals surface area contributed by atoms with Crippen molar-refractivity contribution in [3.63, 3.8) is 0 Å². The van der Waals surface area contributed by atoms with Crippen LogP contribution in [0.15, 0.2) is 59.7 Å². The Kier molecular flexibility index (Phi) is 6.16. The van der Waals surface area contributed by atoms with Crippen LogP contribution < -0.4 is 4.74 Å². The van der Waals surface area contributed by atoms with Crippen LogP contribution in [0.2, 0.25) is 0 Å². The fraction of sp³-hybridized carbons (Fsp3) is 0.333. The number of nitrogens with zero attached hydrogens (tertiary/aromatic N) is 4. The molecule has 1 heterocycles. The summed E-state index contributed by atoms with van der Waals surface area (Å²) in [7, 11) is 1.66. The summed E-state index contributed by atoms with van der Waals surface area (Å²) in [5.41, 5.74) is 10.8. The molecule has 2 aromatic carbocycles. The van der Waals surface area contributed by atoms with Gasteiger partial charge in [-0.2, -0.15) is 0 Å². The van der Waals surface area contributed by atoms with Crippen LogP contribution in [0, 0.1) is 11.8 Å². The van der Waals surface area contributed by atoms with Gasteiger partial charge in [0.25, 0.3) is 0 Å². The minimum absolute atomic E-state index is 0.0393. The van der Waals surface area contributed by atoms with Crippen molar-refractivity contribution >= 4 is 0 Å². The van der Waals surface area contributed by atoms with E-state index in [0.29, 0.717) is 6.54 Å². The topological polar surface area (TPSA) is 61.2 Å². The van der Waals surface area contributed by atoms with Gasteiger partial charge >= 0.3 is 0 Å². The van der Waals surface area contributed by atoms with E-state index in [9.17, 15) is 0 Å². The Hall–Kier alpha value is -2.93. The maximum absolute atomic E-state index is 8.68. The first kappa shape index (κ1) is 17.9. The second-order valence-corrected chi connectivity index (χ2v) is 6.26. The lowest BCUT2D eigenvalue weighted by atomic mass is 10.0. The van der Waals surface area contributed by atoms with E-state index < -0.39 is 0 Å². The Morgan fingerprint density at radius 1 is 1.23 bits per heavy atom. The summed E-state index contributed by atoms with van der Waals surface area (Å²) in [5.74, 6) is 7.57. The van der Waals surface area contributed by atoms with Gasteiger partial charge in [-0.1, -0.05) is 47.3 Å². The van der Waals surface area contributed by atoms with Gasteiger partial charge in [0.05, 0.1) is 13.2 Å². The first-order valence-corrected chi connectivity index (χ1v) is 8.79. The second-order valence-electron chi connectivity index (χ2n) is 6.26. The van der Waals surface area contributed by atoms with E-state index in [0.717, 1.165) is 36.3 Å². The van der Waals surface area contributed by atoms with Gasteiger partial charge in [0.1, 0.15) is 5.75 Å². The number of methoxy groups -OCH3 is 1. The zero-order valence-electron chi connectivity index (χ0n) is 14.9. The molecule has 0 aromatic heterocycles. The zero-order valence-corrected chi connectivity index (χ0v) is 14.9. The molecule has 132 valence electrons. The number of ether oxygens (including phenoxy) is 1. The van der Waals surface area contributed by atoms with Crippen LogP contribution in [-0.4, -0.2) is 31.1 Å². The summed E-state index contributed by atoms with van der Waals surface area (Å²) in [6.07, 6.45) is 2.12. The van der Waals surface area contributed by atoms with Crippen LogP contribution in [-0.2, 0) is 0 Å². The van der Waals surface area contributed by atoms with E-state index in [2.05, 4.69) is 38.9 Å². The third kappa shape index (κ3) is 4.37. The number of hydrogen-bond donors (Lipinski definition) is 0.